The van der Waals surface area contributed by atoms with Gasteiger partial charge in [-0.05, 0) is 42.3 Å². The van der Waals surface area contributed by atoms with E-state index in [1.807, 2.05) is 13.0 Å². The quantitative estimate of drug-likeness (QED) is 0.616. The number of hydrogen-bond acceptors (Lipinski definition) is 4. The molecule has 0 fully saturated rings. The number of ether oxygens (including phenoxy) is 2. The fourth-order valence-corrected chi connectivity index (χ4v) is 2.93. The van der Waals surface area contributed by atoms with Crippen molar-refractivity contribution in [2.45, 2.75) is 25.8 Å². The average Bonchev–Trinajstić information content (AvgIpc) is 2.65. The number of aliphatic carboxylic acids is 1. The number of carbonyl (C=O) groups excluding carboxylic acids is 1. The monoisotopic (exact) mass is 435 g/mol. The second-order valence-corrected chi connectivity index (χ2v) is 6.81. The van der Waals surface area contributed by atoms with Crippen molar-refractivity contribution in [3.8, 4) is 11.5 Å². The predicted molar refractivity (Wildman–Crippen MR) is 105 cm³/mol. The summed E-state index contributed by atoms with van der Waals surface area (Å²) >= 11 is 3.32. The average molecular weight is 436 g/mol. The molecular weight excluding hydrogens is 414 g/mol. The Labute approximate surface area is 166 Å². The van der Waals surface area contributed by atoms with E-state index >= 15 is 0 Å². The summed E-state index contributed by atoms with van der Waals surface area (Å²) in [4.78, 5) is 23.8. The molecule has 144 valence electrons. The molecule has 0 spiro atoms. The second kappa shape index (κ2) is 9.97. The van der Waals surface area contributed by atoms with E-state index in [-0.39, 0.29) is 12.3 Å². The Morgan fingerprint density at radius 1 is 1.19 bits per heavy atom. The van der Waals surface area contributed by atoms with Gasteiger partial charge in [0.1, 0.15) is 0 Å². The smallest absolute Gasteiger partial charge is 0.305 e. The van der Waals surface area contributed by atoms with Crippen LogP contribution in [-0.4, -0.2) is 30.7 Å². The van der Waals surface area contributed by atoms with Gasteiger partial charge >= 0.3 is 5.97 Å². The maximum atomic E-state index is 12.5. The van der Waals surface area contributed by atoms with Crippen LogP contribution < -0.4 is 14.8 Å². The molecule has 0 aliphatic carbocycles. The van der Waals surface area contributed by atoms with Gasteiger partial charge in [-0.2, -0.15) is 0 Å². The SMILES string of the molecule is CCCOc1ccc([C@@H](CC(=O)O)NC(=O)c2cccc(Br)c2)cc1OC. The van der Waals surface area contributed by atoms with Crippen LogP contribution in [0.25, 0.3) is 0 Å². The van der Waals surface area contributed by atoms with Crippen LogP contribution in [0.15, 0.2) is 46.9 Å². The van der Waals surface area contributed by atoms with Crippen molar-refractivity contribution >= 4 is 27.8 Å². The van der Waals surface area contributed by atoms with E-state index < -0.39 is 12.0 Å². The zero-order valence-corrected chi connectivity index (χ0v) is 16.8. The number of carbonyl (C=O) groups is 2. The molecule has 2 aromatic rings. The Balaban J connectivity index is 2.27. The third-order valence-electron chi connectivity index (χ3n) is 3.82. The summed E-state index contributed by atoms with van der Waals surface area (Å²) in [6.07, 6.45) is 0.604. The Morgan fingerprint density at radius 2 is 1.96 bits per heavy atom. The number of amides is 1. The number of carboxylic acids is 1. The Bertz CT molecular complexity index is 809. The van der Waals surface area contributed by atoms with Gasteiger partial charge in [0.05, 0.1) is 26.2 Å². The molecule has 0 saturated heterocycles. The molecule has 0 aliphatic rings. The van der Waals surface area contributed by atoms with Crippen molar-refractivity contribution in [1.82, 2.24) is 5.32 Å². The number of carboxylic acid groups (broad SMARTS) is 1. The molecule has 1 amide bonds. The molecule has 0 saturated carbocycles. The zero-order chi connectivity index (χ0) is 19.8. The Morgan fingerprint density at radius 3 is 2.59 bits per heavy atom. The van der Waals surface area contributed by atoms with Gasteiger partial charge in [0, 0.05) is 10.0 Å². The van der Waals surface area contributed by atoms with Gasteiger partial charge in [-0.3, -0.25) is 9.59 Å². The summed E-state index contributed by atoms with van der Waals surface area (Å²) in [5, 5.41) is 12.0. The van der Waals surface area contributed by atoms with Crippen LogP contribution in [0.1, 0.15) is 41.7 Å². The molecule has 0 heterocycles. The lowest BCUT2D eigenvalue weighted by Gasteiger charge is -2.19. The van der Waals surface area contributed by atoms with Gasteiger partial charge < -0.3 is 19.9 Å². The van der Waals surface area contributed by atoms with E-state index in [9.17, 15) is 14.7 Å². The van der Waals surface area contributed by atoms with E-state index in [0.29, 0.717) is 29.2 Å². The number of methoxy groups -OCH3 is 1. The fourth-order valence-electron chi connectivity index (χ4n) is 2.53. The zero-order valence-electron chi connectivity index (χ0n) is 15.2. The Kier molecular flexibility index (Phi) is 7.67. The third kappa shape index (κ3) is 5.99. The first-order chi connectivity index (χ1) is 12.9. The van der Waals surface area contributed by atoms with Gasteiger partial charge in [-0.1, -0.05) is 35.0 Å². The molecule has 0 radical (unpaired) electrons. The molecule has 0 bridgehead atoms. The minimum absolute atomic E-state index is 0.252. The van der Waals surface area contributed by atoms with Crippen LogP contribution in [0.3, 0.4) is 0 Å². The van der Waals surface area contributed by atoms with Gasteiger partial charge in [-0.15, -0.1) is 0 Å². The van der Waals surface area contributed by atoms with Gasteiger partial charge in [0.25, 0.3) is 5.91 Å². The number of halogens is 1. The fraction of sp³-hybridized carbons (Fsp3) is 0.300. The van der Waals surface area contributed by atoms with Crippen molar-refractivity contribution < 1.29 is 24.2 Å². The van der Waals surface area contributed by atoms with Gasteiger partial charge in [-0.25, -0.2) is 0 Å². The highest BCUT2D eigenvalue weighted by Crippen LogP contribution is 2.31. The molecule has 2 rings (SSSR count). The van der Waals surface area contributed by atoms with E-state index in [1.165, 1.54) is 7.11 Å². The van der Waals surface area contributed by atoms with Crippen LogP contribution in [0.2, 0.25) is 0 Å². The molecule has 27 heavy (non-hydrogen) atoms. The summed E-state index contributed by atoms with van der Waals surface area (Å²) in [5.74, 6) is -0.295. The molecule has 0 aromatic heterocycles. The molecule has 0 aliphatic heterocycles. The number of benzene rings is 2. The summed E-state index contributed by atoms with van der Waals surface area (Å²) in [6.45, 7) is 2.55. The van der Waals surface area contributed by atoms with Gasteiger partial charge in [0.15, 0.2) is 11.5 Å². The minimum Gasteiger partial charge on any atom is -0.493 e. The molecular formula is C20H22BrNO5. The Hall–Kier alpha value is -2.54. The first kappa shape index (κ1) is 20.8. The molecule has 2 N–H and O–H groups in total. The van der Waals surface area contributed by atoms with Crippen LogP contribution in [-0.2, 0) is 4.79 Å². The molecule has 1 atom stereocenters. The van der Waals surface area contributed by atoms with Crippen LogP contribution in [0, 0.1) is 0 Å². The lowest BCUT2D eigenvalue weighted by Crippen LogP contribution is -2.30. The molecule has 2 aromatic carbocycles. The van der Waals surface area contributed by atoms with Crippen molar-refractivity contribution in [3.63, 3.8) is 0 Å². The van der Waals surface area contributed by atoms with E-state index in [4.69, 9.17) is 9.47 Å². The summed E-state index contributed by atoms with van der Waals surface area (Å²) < 4.78 is 11.7. The number of rotatable bonds is 9. The van der Waals surface area contributed by atoms with E-state index in [0.717, 1.165) is 10.9 Å². The molecule has 6 nitrogen and oxygen atoms in total. The van der Waals surface area contributed by atoms with Crippen molar-refractivity contribution in [2.75, 3.05) is 13.7 Å². The molecule has 0 unspecified atom stereocenters. The van der Waals surface area contributed by atoms with Crippen LogP contribution >= 0.6 is 15.9 Å². The largest absolute Gasteiger partial charge is 0.493 e. The maximum Gasteiger partial charge on any atom is 0.305 e. The van der Waals surface area contributed by atoms with E-state index in [2.05, 4.69) is 21.2 Å². The number of nitrogens with one attached hydrogen (secondary N) is 1. The highest BCUT2D eigenvalue weighted by atomic mass is 79.9. The predicted octanol–water partition coefficient (Wildman–Crippen LogP) is 4.19. The topological polar surface area (TPSA) is 84.9 Å². The highest BCUT2D eigenvalue weighted by Gasteiger charge is 2.21. The van der Waals surface area contributed by atoms with Gasteiger partial charge in [0.2, 0.25) is 0 Å². The van der Waals surface area contributed by atoms with Crippen molar-refractivity contribution in [1.29, 1.82) is 0 Å². The standard InChI is InChI=1S/C20H22BrNO5/c1-3-9-27-17-8-7-13(11-18(17)26-2)16(12-19(23)24)22-20(25)14-5-4-6-15(21)10-14/h4-8,10-11,16H,3,9,12H2,1-2H3,(H,22,25)(H,23,24)/t16-/m1/s1. The second-order valence-electron chi connectivity index (χ2n) is 5.89. The van der Waals surface area contributed by atoms with Crippen LogP contribution in [0.4, 0.5) is 0 Å². The molecule has 7 heteroatoms. The third-order valence-corrected chi connectivity index (χ3v) is 4.32. The number of hydrogen-bond donors (Lipinski definition) is 2. The first-order valence-electron chi connectivity index (χ1n) is 8.53. The van der Waals surface area contributed by atoms with Crippen LogP contribution in [0.5, 0.6) is 11.5 Å². The highest BCUT2D eigenvalue weighted by molar-refractivity contribution is 9.10. The normalized spacial score (nSPS) is 11.5. The lowest BCUT2D eigenvalue weighted by atomic mass is 10.0. The maximum absolute atomic E-state index is 12.5. The summed E-state index contributed by atoms with van der Waals surface area (Å²) in [7, 11) is 1.52. The minimum atomic E-state index is -1.01. The van der Waals surface area contributed by atoms with E-state index in [1.54, 1.807) is 36.4 Å². The van der Waals surface area contributed by atoms with Crippen molar-refractivity contribution in [3.05, 3.63) is 58.1 Å². The first-order valence-corrected chi connectivity index (χ1v) is 9.32. The summed E-state index contributed by atoms with van der Waals surface area (Å²) in [6, 6.07) is 11.4. The lowest BCUT2D eigenvalue weighted by molar-refractivity contribution is -0.137. The van der Waals surface area contributed by atoms with Crippen molar-refractivity contribution in [2.24, 2.45) is 0 Å². The summed E-state index contributed by atoms with van der Waals surface area (Å²) in [5.41, 5.74) is 1.07.